The Hall–Kier alpha value is -0.850. The summed E-state index contributed by atoms with van der Waals surface area (Å²) in [6.45, 7) is 2.33. The molecule has 3 aliphatic rings. The topological polar surface area (TPSA) is 12.9 Å². The minimum atomic E-state index is 0.566. The first-order valence-electron chi connectivity index (χ1n) is 6.88. The van der Waals surface area contributed by atoms with Crippen molar-refractivity contribution in [1.29, 1.82) is 0 Å². The third kappa shape index (κ3) is 0.996. The summed E-state index contributed by atoms with van der Waals surface area (Å²) in [5.41, 5.74) is 8.56. The van der Waals surface area contributed by atoms with Crippen LogP contribution in [0.15, 0.2) is 0 Å². The van der Waals surface area contributed by atoms with Gasteiger partial charge in [0.05, 0.1) is 5.69 Å². The summed E-state index contributed by atoms with van der Waals surface area (Å²) >= 11 is 0. The highest BCUT2D eigenvalue weighted by molar-refractivity contribution is 5.49. The van der Waals surface area contributed by atoms with E-state index in [1.165, 1.54) is 62.8 Å². The summed E-state index contributed by atoms with van der Waals surface area (Å²) in [7, 11) is 0. The molecule has 16 heavy (non-hydrogen) atoms. The number of pyridine rings is 1. The number of aromatic nitrogens is 1. The summed E-state index contributed by atoms with van der Waals surface area (Å²) in [6.07, 6.45) is 10.6. The Kier molecular flexibility index (Phi) is 1.66. The van der Waals surface area contributed by atoms with Crippen LogP contribution in [0.3, 0.4) is 0 Å². The van der Waals surface area contributed by atoms with E-state index in [0.29, 0.717) is 5.41 Å². The molecule has 1 heterocycles. The van der Waals surface area contributed by atoms with Gasteiger partial charge in [0.25, 0.3) is 0 Å². The Morgan fingerprint density at radius 1 is 1.06 bits per heavy atom. The molecular formula is C15H19N. The van der Waals surface area contributed by atoms with Gasteiger partial charge in [0.1, 0.15) is 0 Å². The molecule has 0 unspecified atom stereocenters. The van der Waals surface area contributed by atoms with Gasteiger partial charge in [-0.05, 0) is 68.1 Å². The summed E-state index contributed by atoms with van der Waals surface area (Å²) in [6, 6.07) is 0. The predicted molar refractivity (Wildman–Crippen MR) is 64.9 cm³/mol. The molecule has 0 saturated heterocycles. The molecule has 0 amide bonds. The number of hydrogen-bond acceptors (Lipinski definition) is 1. The van der Waals surface area contributed by atoms with Crippen LogP contribution in [-0.2, 0) is 31.1 Å². The van der Waals surface area contributed by atoms with E-state index in [-0.39, 0.29) is 0 Å². The Morgan fingerprint density at radius 2 is 1.94 bits per heavy atom. The lowest BCUT2D eigenvalue weighted by atomic mass is 9.96. The summed E-state index contributed by atoms with van der Waals surface area (Å²) in [4.78, 5) is 5.06. The first-order chi connectivity index (χ1) is 7.84. The van der Waals surface area contributed by atoms with Gasteiger partial charge in [0.15, 0.2) is 0 Å². The smallest absolute Gasteiger partial charge is 0.0503 e. The van der Waals surface area contributed by atoms with Crippen molar-refractivity contribution in [2.45, 2.75) is 63.7 Å². The van der Waals surface area contributed by atoms with E-state index >= 15 is 0 Å². The van der Waals surface area contributed by atoms with Crippen molar-refractivity contribution in [3.8, 4) is 0 Å². The van der Waals surface area contributed by atoms with Crippen molar-refractivity contribution in [1.82, 2.24) is 4.98 Å². The Balaban J connectivity index is 1.98. The van der Waals surface area contributed by atoms with Crippen LogP contribution in [0, 0.1) is 0 Å². The second-order valence-corrected chi connectivity index (χ2v) is 5.83. The van der Waals surface area contributed by atoms with E-state index in [2.05, 4.69) is 6.92 Å². The van der Waals surface area contributed by atoms with E-state index in [1.54, 1.807) is 16.7 Å². The zero-order valence-corrected chi connectivity index (χ0v) is 10.1. The molecule has 0 atom stereocenters. The lowest BCUT2D eigenvalue weighted by molar-refractivity contribution is 0.661. The van der Waals surface area contributed by atoms with Crippen LogP contribution < -0.4 is 0 Å². The second kappa shape index (κ2) is 2.88. The van der Waals surface area contributed by atoms with Gasteiger partial charge < -0.3 is 0 Å². The van der Waals surface area contributed by atoms with Gasteiger partial charge in [-0.25, -0.2) is 0 Å². The van der Waals surface area contributed by atoms with E-state index in [1.807, 2.05) is 0 Å². The van der Waals surface area contributed by atoms with Crippen LogP contribution in [0.25, 0.3) is 0 Å². The Bertz CT molecular complexity index is 469. The maximum atomic E-state index is 5.06. The maximum absolute atomic E-state index is 5.06. The van der Waals surface area contributed by atoms with Gasteiger partial charge in [-0.15, -0.1) is 0 Å². The van der Waals surface area contributed by atoms with Crippen molar-refractivity contribution < 1.29 is 0 Å². The minimum Gasteiger partial charge on any atom is -0.257 e. The molecule has 0 aromatic carbocycles. The second-order valence-electron chi connectivity index (χ2n) is 5.83. The summed E-state index contributed by atoms with van der Waals surface area (Å²) in [5.74, 6) is 0. The van der Waals surface area contributed by atoms with E-state index < -0.39 is 0 Å². The molecule has 1 saturated carbocycles. The molecule has 1 spiro atoms. The van der Waals surface area contributed by atoms with Gasteiger partial charge >= 0.3 is 0 Å². The normalized spacial score (nSPS) is 23.6. The maximum Gasteiger partial charge on any atom is 0.0503 e. The van der Waals surface area contributed by atoms with Crippen molar-refractivity contribution >= 4 is 0 Å². The monoisotopic (exact) mass is 213 g/mol. The van der Waals surface area contributed by atoms with E-state index in [4.69, 9.17) is 4.98 Å². The number of aryl methyl sites for hydroxylation is 1. The zero-order valence-electron chi connectivity index (χ0n) is 10.1. The molecule has 1 nitrogen and oxygen atoms in total. The lowest BCUT2D eigenvalue weighted by Gasteiger charge is -2.14. The SMILES string of the molecule is CCc1c2c(nc3c1CCC31CC1)CCC2. The van der Waals surface area contributed by atoms with Gasteiger partial charge in [-0.1, -0.05) is 6.92 Å². The van der Waals surface area contributed by atoms with Crippen LogP contribution in [0.1, 0.15) is 60.7 Å². The molecule has 4 rings (SSSR count). The number of fused-ring (bicyclic) bond motifs is 3. The summed E-state index contributed by atoms with van der Waals surface area (Å²) < 4.78 is 0. The molecule has 0 aliphatic heterocycles. The van der Waals surface area contributed by atoms with Crippen LogP contribution >= 0.6 is 0 Å². The van der Waals surface area contributed by atoms with Crippen molar-refractivity contribution in [2.75, 3.05) is 0 Å². The average Bonchev–Trinajstić information content (AvgIpc) is 2.78. The molecule has 84 valence electrons. The van der Waals surface area contributed by atoms with Crippen molar-refractivity contribution in [3.05, 3.63) is 28.1 Å². The molecule has 0 N–H and O–H groups in total. The first-order valence-corrected chi connectivity index (χ1v) is 6.88. The molecule has 1 heteroatoms. The predicted octanol–water partition coefficient (Wildman–Crippen LogP) is 3.11. The molecule has 0 radical (unpaired) electrons. The van der Waals surface area contributed by atoms with E-state index in [9.17, 15) is 0 Å². The first kappa shape index (κ1) is 9.21. The van der Waals surface area contributed by atoms with Gasteiger partial charge in [-0.3, -0.25) is 4.98 Å². The van der Waals surface area contributed by atoms with Crippen LogP contribution in [0.4, 0.5) is 0 Å². The van der Waals surface area contributed by atoms with Gasteiger partial charge in [-0.2, -0.15) is 0 Å². The molecule has 0 bridgehead atoms. The Morgan fingerprint density at radius 3 is 2.69 bits per heavy atom. The van der Waals surface area contributed by atoms with Gasteiger partial charge in [0, 0.05) is 11.1 Å². The molecular weight excluding hydrogens is 194 g/mol. The van der Waals surface area contributed by atoms with E-state index in [0.717, 1.165) is 0 Å². The number of rotatable bonds is 1. The lowest BCUT2D eigenvalue weighted by Crippen LogP contribution is -2.08. The number of nitrogens with zero attached hydrogens (tertiary/aromatic N) is 1. The standard InChI is InChI=1S/C15H19N/c1-2-10-11-4-3-5-13(11)16-14-12(10)6-7-15(14)8-9-15/h2-9H2,1H3. The largest absolute Gasteiger partial charge is 0.257 e. The third-order valence-electron chi connectivity index (χ3n) is 5.01. The number of hydrogen-bond donors (Lipinski definition) is 0. The molecule has 1 aromatic heterocycles. The average molecular weight is 213 g/mol. The highest BCUT2D eigenvalue weighted by atomic mass is 14.8. The van der Waals surface area contributed by atoms with Crippen LogP contribution in [0.2, 0.25) is 0 Å². The highest BCUT2D eigenvalue weighted by Crippen LogP contribution is 2.57. The molecule has 3 aliphatic carbocycles. The third-order valence-corrected chi connectivity index (χ3v) is 5.01. The van der Waals surface area contributed by atoms with Crippen LogP contribution in [-0.4, -0.2) is 4.98 Å². The van der Waals surface area contributed by atoms with Gasteiger partial charge in [0.2, 0.25) is 0 Å². The fourth-order valence-electron chi connectivity index (χ4n) is 3.96. The zero-order chi connectivity index (χ0) is 10.8. The molecule has 1 fully saturated rings. The molecule has 1 aromatic rings. The fraction of sp³-hybridized carbons (Fsp3) is 0.667. The van der Waals surface area contributed by atoms with Crippen LogP contribution in [0.5, 0.6) is 0 Å². The quantitative estimate of drug-likeness (QED) is 0.698. The minimum absolute atomic E-state index is 0.566. The highest BCUT2D eigenvalue weighted by Gasteiger charge is 2.51. The summed E-state index contributed by atoms with van der Waals surface area (Å²) in [5, 5.41) is 0. The van der Waals surface area contributed by atoms with Crippen molar-refractivity contribution in [2.24, 2.45) is 0 Å². The van der Waals surface area contributed by atoms with Crippen molar-refractivity contribution in [3.63, 3.8) is 0 Å². The fourth-order valence-corrected chi connectivity index (χ4v) is 3.96. The Labute approximate surface area is 97.3 Å².